The molecular formula is C17H18NS+. The number of thioether (sulfide) groups is 1. The summed E-state index contributed by atoms with van der Waals surface area (Å²) in [7, 11) is 0. The van der Waals surface area contributed by atoms with Gasteiger partial charge in [0.2, 0.25) is 11.1 Å². The second-order valence-electron chi connectivity index (χ2n) is 5.09. The number of benzene rings is 2. The lowest BCUT2D eigenvalue weighted by molar-refractivity contribution is -0.447. The first kappa shape index (κ1) is 12.5. The quantitative estimate of drug-likeness (QED) is 0.687. The van der Waals surface area contributed by atoms with Gasteiger partial charge in [0.15, 0.2) is 6.21 Å². The highest BCUT2D eigenvalue weighted by Gasteiger charge is 2.27. The van der Waals surface area contributed by atoms with Crippen molar-refractivity contribution in [3.63, 3.8) is 0 Å². The molecule has 1 nitrogen and oxygen atoms in total. The number of hydrogen-bond donors (Lipinski definition) is 0. The van der Waals surface area contributed by atoms with E-state index < -0.39 is 0 Å². The van der Waals surface area contributed by atoms with Gasteiger partial charge in [-0.25, -0.2) is 0 Å². The number of para-hydroxylation sites is 1. The predicted molar refractivity (Wildman–Crippen MR) is 82.8 cm³/mol. The number of rotatable bonds is 1. The third kappa shape index (κ3) is 2.33. The van der Waals surface area contributed by atoms with E-state index in [1.54, 1.807) is 0 Å². The molecule has 0 aliphatic carbocycles. The van der Waals surface area contributed by atoms with Gasteiger partial charge in [-0.3, -0.25) is 0 Å². The highest BCUT2D eigenvalue weighted by molar-refractivity contribution is 7.99. The molecule has 0 amide bonds. The van der Waals surface area contributed by atoms with E-state index in [4.69, 9.17) is 0 Å². The van der Waals surface area contributed by atoms with E-state index in [2.05, 4.69) is 74.0 Å². The summed E-state index contributed by atoms with van der Waals surface area (Å²) in [5.74, 6) is 0. The zero-order valence-corrected chi connectivity index (χ0v) is 12.4. The summed E-state index contributed by atoms with van der Waals surface area (Å²) in [6.07, 6.45) is 2.28. The van der Waals surface area contributed by atoms with Crippen LogP contribution in [0.15, 0.2) is 47.4 Å². The van der Waals surface area contributed by atoms with Crippen molar-refractivity contribution in [2.75, 3.05) is 0 Å². The Hall–Kier alpha value is -1.54. The molecule has 3 rings (SSSR count). The maximum atomic E-state index is 2.35. The van der Waals surface area contributed by atoms with Gasteiger partial charge in [-0.1, -0.05) is 36.0 Å². The van der Waals surface area contributed by atoms with E-state index in [0.717, 1.165) is 0 Å². The molecule has 1 unspecified atom stereocenters. The van der Waals surface area contributed by atoms with Crippen molar-refractivity contribution in [1.29, 1.82) is 0 Å². The average molecular weight is 268 g/mol. The lowest BCUT2D eigenvalue weighted by Crippen LogP contribution is -2.22. The van der Waals surface area contributed by atoms with E-state index in [1.807, 2.05) is 11.8 Å². The van der Waals surface area contributed by atoms with Gasteiger partial charge in [-0.05, 0) is 31.0 Å². The van der Waals surface area contributed by atoms with Gasteiger partial charge in [0.25, 0.3) is 0 Å². The fraction of sp³-hybridized carbons (Fsp3) is 0.235. The summed E-state index contributed by atoms with van der Waals surface area (Å²) in [6, 6.07) is 15.1. The highest BCUT2D eigenvalue weighted by atomic mass is 32.2. The van der Waals surface area contributed by atoms with Crippen LogP contribution in [0.3, 0.4) is 0 Å². The maximum Gasteiger partial charge on any atom is 0.206 e. The van der Waals surface area contributed by atoms with Crippen molar-refractivity contribution in [3.8, 4) is 0 Å². The summed E-state index contributed by atoms with van der Waals surface area (Å²) in [5, 5.41) is 0.427. The molecule has 1 heterocycles. The standard InChI is InChI=1S/C17H18NS/c1-12-9-13(2)17-15(10-12)11-18(14(3)19-17)16-7-5-4-6-8-16/h4-11,14H,1-3H3/q+1. The SMILES string of the molecule is Cc1cc(C)c2c(c1)C=[N+](c1ccccc1)C(C)S2. The Morgan fingerprint density at radius 1 is 1.05 bits per heavy atom. The lowest BCUT2D eigenvalue weighted by Gasteiger charge is -2.19. The topological polar surface area (TPSA) is 3.01 Å². The maximum absolute atomic E-state index is 2.35. The molecule has 0 N–H and O–H groups in total. The first-order valence-electron chi connectivity index (χ1n) is 6.61. The predicted octanol–water partition coefficient (Wildman–Crippen LogP) is 4.52. The molecule has 0 saturated carbocycles. The van der Waals surface area contributed by atoms with Crippen LogP contribution in [0.1, 0.15) is 23.6 Å². The Morgan fingerprint density at radius 2 is 1.79 bits per heavy atom. The molecule has 2 heteroatoms. The number of aryl methyl sites for hydroxylation is 2. The minimum Gasteiger partial charge on any atom is -0.186 e. The first-order valence-corrected chi connectivity index (χ1v) is 7.49. The molecule has 2 aromatic carbocycles. The van der Waals surface area contributed by atoms with E-state index in [0.29, 0.717) is 5.37 Å². The first-order chi connectivity index (χ1) is 9.15. The largest absolute Gasteiger partial charge is 0.206 e. The van der Waals surface area contributed by atoms with Crippen molar-refractivity contribution in [2.24, 2.45) is 0 Å². The van der Waals surface area contributed by atoms with Gasteiger partial charge in [0, 0.05) is 24.0 Å². The van der Waals surface area contributed by atoms with E-state index in [1.165, 1.54) is 27.3 Å². The summed E-state index contributed by atoms with van der Waals surface area (Å²) in [5.41, 5.74) is 5.31. The van der Waals surface area contributed by atoms with Gasteiger partial charge in [0.1, 0.15) is 0 Å². The van der Waals surface area contributed by atoms with Crippen LogP contribution < -0.4 is 0 Å². The monoisotopic (exact) mass is 268 g/mol. The fourth-order valence-corrected chi connectivity index (χ4v) is 3.74. The Kier molecular flexibility index (Phi) is 3.19. The van der Waals surface area contributed by atoms with Crippen LogP contribution in [0.25, 0.3) is 0 Å². The Bertz CT molecular complexity index is 644. The van der Waals surface area contributed by atoms with Gasteiger partial charge in [0.05, 0.1) is 5.56 Å². The number of hydrogen-bond acceptors (Lipinski definition) is 1. The zero-order valence-electron chi connectivity index (χ0n) is 11.6. The molecule has 0 spiro atoms. The second-order valence-corrected chi connectivity index (χ2v) is 6.42. The normalized spacial score (nSPS) is 17.8. The van der Waals surface area contributed by atoms with E-state index in [-0.39, 0.29) is 0 Å². The van der Waals surface area contributed by atoms with Gasteiger partial charge in [-0.15, -0.1) is 0 Å². The summed E-state index contributed by atoms with van der Waals surface area (Å²) in [6.45, 7) is 6.63. The lowest BCUT2D eigenvalue weighted by atomic mass is 10.1. The zero-order chi connectivity index (χ0) is 13.4. The van der Waals surface area contributed by atoms with Crippen LogP contribution in [0.4, 0.5) is 5.69 Å². The molecule has 2 aromatic rings. The van der Waals surface area contributed by atoms with Crippen molar-refractivity contribution < 1.29 is 4.58 Å². The van der Waals surface area contributed by atoms with Gasteiger partial charge >= 0.3 is 0 Å². The summed E-state index contributed by atoms with van der Waals surface area (Å²) < 4.78 is 2.35. The van der Waals surface area contributed by atoms with Crippen LogP contribution in [0.5, 0.6) is 0 Å². The molecule has 19 heavy (non-hydrogen) atoms. The minimum absolute atomic E-state index is 0.427. The van der Waals surface area contributed by atoms with Crippen LogP contribution in [-0.2, 0) is 0 Å². The molecule has 0 fully saturated rings. The molecule has 0 bridgehead atoms. The number of fused-ring (bicyclic) bond motifs is 1. The van der Waals surface area contributed by atoms with Crippen LogP contribution >= 0.6 is 11.8 Å². The van der Waals surface area contributed by atoms with Crippen LogP contribution in [0, 0.1) is 13.8 Å². The van der Waals surface area contributed by atoms with Crippen LogP contribution in [-0.4, -0.2) is 16.2 Å². The molecule has 1 aliphatic heterocycles. The van der Waals surface area contributed by atoms with Crippen molar-refractivity contribution in [2.45, 2.75) is 31.0 Å². The smallest absolute Gasteiger partial charge is 0.186 e. The van der Waals surface area contributed by atoms with E-state index >= 15 is 0 Å². The van der Waals surface area contributed by atoms with Crippen molar-refractivity contribution in [3.05, 3.63) is 59.2 Å². The van der Waals surface area contributed by atoms with Gasteiger partial charge in [-0.2, -0.15) is 4.58 Å². The molecule has 0 aromatic heterocycles. The minimum atomic E-state index is 0.427. The molecule has 1 atom stereocenters. The molecule has 1 aliphatic rings. The van der Waals surface area contributed by atoms with Crippen molar-refractivity contribution >= 4 is 23.7 Å². The summed E-state index contributed by atoms with van der Waals surface area (Å²) in [4.78, 5) is 1.42. The average Bonchev–Trinajstić information content (AvgIpc) is 2.40. The highest BCUT2D eigenvalue weighted by Crippen LogP contribution is 2.36. The van der Waals surface area contributed by atoms with Gasteiger partial charge < -0.3 is 0 Å². The fourth-order valence-electron chi connectivity index (χ4n) is 2.61. The van der Waals surface area contributed by atoms with Crippen molar-refractivity contribution in [1.82, 2.24) is 0 Å². The molecule has 0 saturated heterocycles. The molecular weight excluding hydrogens is 250 g/mol. The third-order valence-corrected chi connectivity index (χ3v) is 4.82. The Morgan fingerprint density at radius 3 is 2.53 bits per heavy atom. The van der Waals surface area contributed by atoms with E-state index in [9.17, 15) is 0 Å². The Labute approximate surface area is 119 Å². The molecule has 0 radical (unpaired) electrons. The number of nitrogens with zero attached hydrogens (tertiary/aromatic N) is 1. The summed E-state index contributed by atoms with van der Waals surface area (Å²) >= 11 is 1.94. The third-order valence-electron chi connectivity index (χ3n) is 3.46. The van der Waals surface area contributed by atoms with Crippen LogP contribution in [0.2, 0.25) is 0 Å². The second kappa shape index (κ2) is 4.86. The Balaban J connectivity index is 2.14. The molecule has 96 valence electrons.